The molecule has 33 heavy (non-hydrogen) atoms. The van der Waals surface area contributed by atoms with Gasteiger partial charge in [-0.15, -0.1) is 0 Å². The first-order chi connectivity index (χ1) is 16.2. The van der Waals surface area contributed by atoms with Gasteiger partial charge in [-0.1, -0.05) is 24.3 Å². The maximum Gasteiger partial charge on any atom is 0.240 e. The Kier molecular flexibility index (Phi) is 6.13. The van der Waals surface area contributed by atoms with Crippen LogP contribution < -0.4 is 5.32 Å². The molecule has 0 aliphatic heterocycles. The average Bonchev–Trinajstić information content (AvgIpc) is 3.19. The number of amides is 1. The van der Waals surface area contributed by atoms with E-state index in [0.717, 1.165) is 41.7 Å². The van der Waals surface area contributed by atoms with Crippen molar-refractivity contribution < 1.29 is 4.79 Å². The quantitative estimate of drug-likeness (QED) is 0.475. The number of nitrogens with zero attached hydrogens (tertiary/aromatic N) is 5. The summed E-state index contributed by atoms with van der Waals surface area (Å²) in [7, 11) is 2.13. The molecule has 1 aliphatic rings. The van der Waals surface area contributed by atoms with E-state index in [1.165, 1.54) is 11.3 Å². The Morgan fingerprint density at radius 3 is 2.91 bits per heavy atom. The third-order valence-electron chi connectivity index (χ3n) is 6.34. The average molecular weight is 441 g/mol. The molecule has 0 bridgehead atoms. The van der Waals surface area contributed by atoms with Crippen LogP contribution in [0.25, 0.3) is 11.0 Å². The van der Waals surface area contributed by atoms with Gasteiger partial charge in [0.05, 0.1) is 29.3 Å². The summed E-state index contributed by atoms with van der Waals surface area (Å²) in [4.78, 5) is 28.8. The molecule has 0 spiro atoms. The number of rotatable bonds is 7. The van der Waals surface area contributed by atoms with Gasteiger partial charge in [-0.2, -0.15) is 0 Å². The molecular formula is C26H28N6O. The molecule has 1 aromatic carbocycles. The van der Waals surface area contributed by atoms with Crippen LogP contribution in [0.2, 0.25) is 0 Å². The van der Waals surface area contributed by atoms with E-state index in [1.807, 2.05) is 53.2 Å². The molecule has 0 radical (unpaired) electrons. The van der Waals surface area contributed by atoms with Gasteiger partial charge in [0, 0.05) is 25.1 Å². The van der Waals surface area contributed by atoms with Crippen molar-refractivity contribution in [2.75, 3.05) is 7.05 Å². The molecule has 1 atom stereocenters. The van der Waals surface area contributed by atoms with Gasteiger partial charge in [-0.25, -0.2) is 4.98 Å². The molecule has 5 rings (SSSR count). The summed E-state index contributed by atoms with van der Waals surface area (Å²) in [6.45, 7) is 1.33. The van der Waals surface area contributed by atoms with E-state index in [0.29, 0.717) is 13.1 Å². The summed E-state index contributed by atoms with van der Waals surface area (Å²) < 4.78 is 2.03. The number of carbonyl (C=O) groups excluding carboxylic acids is 1. The molecule has 0 saturated heterocycles. The fourth-order valence-corrected chi connectivity index (χ4v) is 4.67. The summed E-state index contributed by atoms with van der Waals surface area (Å²) in [5.74, 6) is 0.842. The van der Waals surface area contributed by atoms with Gasteiger partial charge in [-0.05, 0) is 61.7 Å². The Morgan fingerprint density at radius 1 is 1.15 bits per heavy atom. The number of hydrogen-bond donors (Lipinski definition) is 1. The second-order valence-corrected chi connectivity index (χ2v) is 8.61. The molecule has 1 N–H and O–H groups in total. The molecule has 0 fully saturated rings. The number of nitrogens with one attached hydrogen (secondary N) is 1. The number of benzene rings is 1. The lowest BCUT2D eigenvalue weighted by atomic mass is 9.91. The zero-order valence-electron chi connectivity index (χ0n) is 18.8. The highest BCUT2D eigenvalue weighted by Gasteiger charge is 2.26. The first kappa shape index (κ1) is 21.3. The van der Waals surface area contributed by atoms with Crippen LogP contribution in [-0.2, 0) is 30.8 Å². The van der Waals surface area contributed by atoms with Crippen molar-refractivity contribution >= 4 is 16.9 Å². The predicted octanol–water partition coefficient (Wildman–Crippen LogP) is 3.65. The SMILES string of the molecule is CN(Cc1nc2ccccc2n1CC(=O)NCc1cccnc1)C1CCCc2cccnc21. The molecule has 1 amide bonds. The molecule has 3 heterocycles. The number of para-hydroxylation sites is 2. The van der Waals surface area contributed by atoms with Gasteiger partial charge in [0.25, 0.3) is 0 Å². The van der Waals surface area contributed by atoms with E-state index in [9.17, 15) is 4.79 Å². The standard InChI is InChI=1S/C26H28N6O/c1-31(23-12-4-8-20-9-6-14-28-26(20)23)17-24-30-21-10-2-3-11-22(21)32(24)18-25(33)29-16-19-7-5-13-27-15-19/h2-3,5-7,9-11,13-15,23H,4,8,12,16-18H2,1H3,(H,29,33). The zero-order valence-corrected chi connectivity index (χ0v) is 18.8. The highest BCUT2D eigenvalue weighted by Crippen LogP contribution is 2.33. The van der Waals surface area contributed by atoms with E-state index in [2.05, 4.69) is 28.3 Å². The Hall–Kier alpha value is -3.58. The topological polar surface area (TPSA) is 75.9 Å². The normalized spacial score (nSPS) is 15.5. The Labute approximate surface area is 193 Å². The number of carbonyl (C=O) groups is 1. The second-order valence-electron chi connectivity index (χ2n) is 8.61. The molecule has 1 unspecified atom stereocenters. The zero-order chi connectivity index (χ0) is 22.6. The maximum absolute atomic E-state index is 12.8. The van der Waals surface area contributed by atoms with Crippen LogP contribution in [0.4, 0.5) is 0 Å². The molecule has 4 aromatic rings. The number of aromatic nitrogens is 4. The van der Waals surface area contributed by atoms with Gasteiger partial charge in [0.15, 0.2) is 0 Å². The van der Waals surface area contributed by atoms with E-state index in [-0.39, 0.29) is 18.5 Å². The van der Waals surface area contributed by atoms with Crippen molar-refractivity contribution in [1.29, 1.82) is 0 Å². The van der Waals surface area contributed by atoms with Crippen molar-refractivity contribution in [1.82, 2.24) is 29.7 Å². The van der Waals surface area contributed by atoms with Crippen molar-refractivity contribution in [3.8, 4) is 0 Å². The highest BCUT2D eigenvalue weighted by atomic mass is 16.1. The molecule has 7 nitrogen and oxygen atoms in total. The van der Waals surface area contributed by atoms with E-state index >= 15 is 0 Å². The van der Waals surface area contributed by atoms with Gasteiger partial charge in [0.2, 0.25) is 5.91 Å². The number of imidazole rings is 1. The van der Waals surface area contributed by atoms with Crippen LogP contribution in [0, 0.1) is 0 Å². The summed E-state index contributed by atoms with van der Waals surface area (Å²) in [5, 5.41) is 3.01. The van der Waals surface area contributed by atoms with Crippen LogP contribution in [0.5, 0.6) is 0 Å². The molecule has 168 valence electrons. The van der Waals surface area contributed by atoms with Crippen LogP contribution in [0.15, 0.2) is 67.1 Å². The van der Waals surface area contributed by atoms with Crippen LogP contribution >= 0.6 is 0 Å². The van der Waals surface area contributed by atoms with Gasteiger partial charge in [0.1, 0.15) is 12.4 Å². The van der Waals surface area contributed by atoms with Crippen molar-refractivity contribution in [3.05, 3.63) is 89.8 Å². The summed E-state index contributed by atoms with van der Waals surface area (Å²) in [6, 6.07) is 16.3. The monoisotopic (exact) mass is 440 g/mol. The van der Waals surface area contributed by atoms with Crippen molar-refractivity contribution in [3.63, 3.8) is 0 Å². The molecular weight excluding hydrogens is 412 g/mol. The van der Waals surface area contributed by atoms with Gasteiger partial charge >= 0.3 is 0 Å². The first-order valence-corrected chi connectivity index (χ1v) is 11.4. The lowest BCUT2D eigenvalue weighted by molar-refractivity contribution is -0.121. The Balaban J connectivity index is 1.36. The predicted molar refractivity (Wildman–Crippen MR) is 127 cm³/mol. The van der Waals surface area contributed by atoms with Crippen LogP contribution in [-0.4, -0.2) is 37.4 Å². The smallest absolute Gasteiger partial charge is 0.240 e. The molecule has 3 aromatic heterocycles. The number of pyridine rings is 2. The summed E-state index contributed by atoms with van der Waals surface area (Å²) >= 11 is 0. The lowest BCUT2D eigenvalue weighted by Crippen LogP contribution is -2.31. The minimum atomic E-state index is -0.0458. The van der Waals surface area contributed by atoms with Crippen LogP contribution in [0.1, 0.15) is 41.5 Å². The maximum atomic E-state index is 12.8. The minimum absolute atomic E-state index is 0.0458. The molecule has 1 aliphatic carbocycles. The van der Waals surface area contributed by atoms with Crippen LogP contribution in [0.3, 0.4) is 0 Å². The third kappa shape index (κ3) is 4.64. The summed E-state index contributed by atoms with van der Waals surface area (Å²) in [6.07, 6.45) is 8.69. The first-order valence-electron chi connectivity index (χ1n) is 11.4. The van der Waals surface area contributed by atoms with E-state index < -0.39 is 0 Å². The van der Waals surface area contributed by atoms with Gasteiger partial charge < -0.3 is 9.88 Å². The number of aryl methyl sites for hydroxylation is 1. The number of hydrogen-bond acceptors (Lipinski definition) is 5. The Bertz CT molecular complexity index is 1250. The van der Waals surface area contributed by atoms with Crippen molar-refractivity contribution in [2.24, 2.45) is 0 Å². The number of fused-ring (bicyclic) bond motifs is 2. The third-order valence-corrected chi connectivity index (χ3v) is 6.34. The lowest BCUT2D eigenvalue weighted by Gasteiger charge is -2.32. The second kappa shape index (κ2) is 9.50. The fraction of sp³-hybridized carbons (Fsp3) is 0.308. The fourth-order valence-electron chi connectivity index (χ4n) is 4.67. The summed E-state index contributed by atoms with van der Waals surface area (Å²) in [5.41, 5.74) is 5.36. The minimum Gasteiger partial charge on any atom is -0.350 e. The van der Waals surface area contributed by atoms with Gasteiger partial charge in [-0.3, -0.25) is 19.7 Å². The highest BCUT2D eigenvalue weighted by molar-refractivity contribution is 5.81. The Morgan fingerprint density at radius 2 is 2.03 bits per heavy atom. The van der Waals surface area contributed by atoms with E-state index in [1.54, 1.807) is 12.4 Å². The van der Waals surface area contributed by atoms with E-state index in [4.69, 9.17) is 9.97 Å². The largest absolute Gasteiger partial charge is 0.350 e. The van der Waals surface area contributed by atoms with Crippen molar-refractivity contribution in [2.45, 2.75) is 44.9 Å². The molecule has 0 saturated carbocycles. The molecule has 7 heteroatoms.